The molecule has 0 unspecified atom stereocenters. The fraction of sp³-hybridized carbons (Fsp3) is 0. The Bertz CT molecular complexity index is 532. The van der Waals surface area contributed by atoms with Crippen LogP contribution in [0.1, 0.15) is 5.56 Å². The number of anilines is 2. The van der Waals surface area contributed by atoms with Crippen LogP contribution in [0, 0.1) is 11.3 Å². The minimum Gasteiger partial charge on any atom is -0.340 e. The van der Waals surface area contributed by atoms with Crippen LogP contribution < -0.4 is 5.32 Å². The Balaban J connectivity index is 2.29. The van der Waals surface area contributed by atoms with Crippen molar-refractivity contribution in [2.75, 3.05) is 5.32 Å². The second kappa shape index (κ2) is 4.65. The summed E-state index contributed by atoms with van der Waals surface area (Å²) in [4.78, 5) is 4.08. The summed E-state index contributed by atoms with van der Waals surface area (Å²) < 4.78 is 0. The number of halogens is 1. The molecule has 2 aromatic rings. The molecule has 0 saturated carbocycles. The first-order valence-electron chi connectivity index (χ1n) is 4.68. The van der Waals surface area contributed by atoms with E-state index in [1.54, 1.807) is 6.07 Å². The summed E-state index contributed by atoms with van der Waals surface area (Å²) in [7, 11) is 0. The number of para-hydroxylation sites is 1. The zero-order chi connectivity index (χ0) is 11.4. The molecule has 4 heteroatoms. The molecule has 0 radical (unpaired) electrons. The quantitative estimate of drug-likeness (QED) is 0.804. The SMILES string of the molecule is N#Cc1cc(Cl)nc(Nc2ccccc2)c1. The lowest BCUT2D eigenvalue weighted by Crippen LogP contribution is -1.94. The molecule has 16 heavy (non-hydrogen) atoms. The van der Waals surface area contributed by atoms with E-state index in [0.29, 0.717) is 16.5 Å². The molecule has 0 bridgehead atoms. The van der Waals surface area contributed by atoms with Crippen LogP contribution in [0.2, 0.25) is 5.15 Å². The molecule has 0 spiro atoms. The Kier molecular flexibility index (Phi) is 3.04. The predicted octanol–water partition coefficient (Wildman–Crippen LogP) is 3.35. The molecule has 0 aliphatic heterocycles. The first-order valence-corrected chi connectivity index (χ1v) is 5.05. The van der Waals surface area contributed by atoms with Gasteiger partial charge in [0.05, 0.1) is 11.6 Å². The Morgan fingerprint density at radius 2 is 1.94 bits per heavy atom. The molecule has 0 aliphatic rings. The number of pyridine rings is 1. The van der Waals surface area contributed by atoms with Crippen LogP contribution >= 0.6 is 11.6 Å². The molecule has 0 atom stereocenters. The molecule has 1 aromatic heterocycles. The summed E-state index contributed by atoms with van der Waals surface area (Å²) in [5, 5.41) is 12.2. The zero-order valence-corrected chi connectivity index (χ0v) is 9.07. The number of benzene rings is 1. The lowest BCUT2D eigenvalue weighted by molar-refractivity contribution is 1.29. The molecule has 0 aliphatic carbocycles. The van der Waals surface area contributed by atoms with Crippen LogP contribution in [0.4, 0.5) is 11.5 Å². The Morgan fingerprint density at radius 1 is 1.19 bits per heavy atom. The van der Waals surface area contributed by atoms with Gasteiger partial charge in [-0.1, -0.05) is 29.8 Å². The smallest absolute Gasteiger partial charge is 0.133 e. The molecule has 0 saturated heterocycles. The molecule has 78 valence electrons. The molecule has 1 heterocycles. The number of aromatic nitrogens is 1. The van der Waals surface area contributed by atoms with Crippen molar-refractivity contribution in [3.05, 3.63) is 53.2 Å². The van der Waals surface area contributed by atoms with Gasteiger partial charge in [0.15, 0.2) is 0 Å². The van der Waals surface area contributed by atoms with E-state index < -0.39 is 0 Å². The number of nitrogens with one attached hydrogen (secondary N) is 1. The summed E-state index contributed by atoms with van der Waals surface area (Å²) >= 11 is 5.79. The highest BCUT2D eigenvalue weighted by Crippen LogP contribution is 2.18. The highest BCUT2D eigenvalue weighted by atomic mass is 35.5. The molecule has 1 aromatic carbocycles. The van der Waals surface area contributed by atoms with Crippen LogP contribution in [0.3, 0.4) is 0 Å². The van der Waals surface area contributed by atoms with Crippen molar-refractivity contribution in [2.45, 2.75) is 0 Å². The molecule has 0 amide bonds. The van der Waals surface area contributed by atoms with E-state index in [1.165, 1.54) is 6.07 Å². The van der Waals surface area contributed by atoms with Crippen LogP contribution in [-0.4, -0.2) is 4.98 Å². The summed E-state index contributed by atoms with van der Waals surface area (Å²) in [6, 6.07) is 14.8. The average Bonchev–Trinajstić information content (AvgIpc) is 2.29. The van der Waals surface area contributed by atoms with Gasteiger partial charge in [-0.05, 0) is 24.3 Å². The van der Waals surface area contributed by atoms with Gasteiger partial charge in [0.1, 0.15) is 11.0 Å². The summed E-state index contributed by atoms with van der Waals surface area (Å²) in [6.45, 7) is 0. The van der Waals surface area contributed by atoms with E-state index >= 15 is 0 Å². The van der Waals surface area contributed by atoms with Crippen molar-refractivity contribution in [3.63, 3.8) is 0 Å². The lowest BCUT2D eigenvalue weighted by atomic mass is 10.2. The maximum absolute atomic E-state index is 8.79. The fourth-order valence-corrected chi connectivity index (χ4v) is 1.50. The molecule has 2 rings (SSSR count). The molecule has 3 nitrogen and oxygen atoms in total. The minimum absolute atomic E-state index is 0.303. The van der Waals surface area contributed by atoms with Crippen molar-refractivity contribution in [1.82, 2.24) is 4.98 Å². The van der Waals surface area contributed by atoms with E-state index in [0.717, 1.165) is 5.69 Å². The maximum atomic E-state index is 8.79. The van der Waals surface area contributed by atoms with Crippen LogP contribution in [0.5, 0.6) is 0 Å². The number of rotatable bonds is 2. The molecular weight excluding hydrogens is 222 g/mol. The van der Waals surface area contributed by atoms with E-state index in [1.807, 2.05) is 36.4 Å². The third kappa shape index (κ3) is 2.50. The monoisotopic (exact) mass is 229 g/mol. The molecule has 1 N–H and O–H groups in total. The second-order valence-electron chi connectivity index (χ2n) is 3.17. The van der Waals surface area contributed by atoms with Gasteiger partial charge >= 0.3 is 0 Å². The van der Waals surface area contributed by atoms with Gasteiger partial charge in [-0.15, -0.1) is 0 Å². The number of hydrogen-bond donors (Lipinski definition) is 1. The van der Waals surface area contributed by atoms with Gasteiger partial charge in [-0.2, -0.15) is 5.26 Å². The highest BCUT2D eigenvalue weighted by Gasteiger charge is 2.00. The van der Waals surface area contributed by atoms with Crippen LogP contribution in [0.15, 0.2) is 42.5 Å². The standard InChI is InChI=1S/C12H8ClN3/c13-11-6-9(8-14)7-12(16-11)15-10-4-2-1-3-5-10/h1-7H,(H,15,16). The van der Waals surface area contributed by atoms with Gasteiger partial charge in [-0.3, -0.25) is 0 Å². The summed E-state index contributed by atoms with van der Waals surface area (Å²) in [6.07, 6.45) is 0. The first-order chi connectivity index (χ1) is 7.78. The van der Waals surface area contributed by atoms with Crippen molar-refractivity contribution in [2.24, 2.45) is 0 Å². The first kappa shape index (κ1) is 10.5. The average molecular weight is 230 g/mol. The fourth-order valence-electron chi connectivity index (χ4n) is 1.29. The third-order valence-corrected chi connectivity index (χ3v) is 2.16. The van der Waals surface area contributed by atoms with Crippen molar-refractivity contribution in [3.8, 4) is 6.07 Å². The van der Waals surface area contributed by atoms with E-state index in [9.17, 15) is 0 Å². The van der Waals surface area contributed by atoms with Crippen LogP contribution in [-0.2, 0) is 0 Å². The Morgan fingerprint density at radius 3 is 2.62 bits per heavy atom. The highest BCUT2D eigenvalue weighted by molar-refractivity contribution is 6.29. The van der Waals surface area contributed by atoms with Crippen molar-refractivity contribution >= 4 is 23.1 Å². The second-order valence-corrected chi connectivity index (χ2v) is 3.55. The van der Waals surface area contributed by atoms with Gasteiger partial charge in [0.2, 0.25) is 0 Å². The molecule has 0 fully saturated rings. The van der Waals surface area contributed by atoms with Crippen molar-refractivity contribution in [1.29, 1.82) is 5.26 Å². The Hall–Kier alpha value is -2.05. The summed E-state index contributed by atoms with van der Waals surface area (Å²) in [5.74, 6) is 0.565. The topological polar surface area (TPSA) is 48.7 Å². The van der Waals surface area contributed by atoms with Gasteiger partial charge in [-0.25, -0.2) is 4.98 Å². The van der Waals surface area contributed by atoms with Crippen molar-refractivity contribution < 1.29 is 0 Å². The van der Waals surface area contributed by atoms with Crippen LogP contribution in [0.25, 0.3) is 0 Å². The lowest BCUT2D eigenvalue weighted by Gasteiger charge is -2.05. The minimum atomic E-state index is 0.303. The van der Waals surface area contributed by atoms with Gasteiger partial charge in [0, 0.05) is 5.69 Å². The number of nitrogens with zero attached hydrogens (tertiary/aromatic N) is 2. The Labute approximate surface area is 98.3 Å². The third-order valence-electron chi connectivity index (χ3n) is 1.97. The number of nitriles is 1. The summed E-state index contributed by atoms with van der Waals surface area (Å²) in [5.41, 5.74) is 1.39. The van der Waals surface area contributed by atoms with Gasteiger partial charge < -0.3 is 5.32 Å². The maximum Gasteiger partial charge on any atom is 0.133 e. The van der Waals surface area contributed by atoms with E-state index in [4.69, 9.17) is 16.9 Å². The largest absolute Gasteiger partial charge is 0.340 e. The zero-order valence-electron chi connectivity index (χ0n) is 8.31. The normalized spacial score (nSPS) is 9.50. The van der Waals surface area contributed by atoms with E-state index in [-0.39, 0.29) is 0 Å². The van der Waals surface area contributed by atoms with E-state index in [2.05, 4.69) is 10.3 Å². The van der Waals surface area contributed by atoms with Gasteiger partial charge in [0.25, 0.3) is 0 Å². The predicted molar refractivity (Wildman–Crippen MR) is 63.7 cm³/mol. The number of hydrogen-bond acceptors (Lipinski definition) is 3. The molecular formula is C12H8ClN3.